The molecule has 0 N–H and O–H groups in total. The maximum absolute atomic E-state index is 12.7. The number of pyridine rings is 1. The first-order valence-corrected chi connectivity index (χ1v) is 8.13. The summed E-state index contributed by atoms with van der Waals surface area (Å²) in [5.74, 6) is 0.896. The molecule has 0 radical (unpaired) electrons. The molecule has 2 heterocycles. The van der Waals surface area contributed by atoms with Crippen molar-refractivity contribution in [2.75, 3.05) is 14.2 Å². The SMILES string of the molecule is COc1ccc(CN(C)C(=O)c2cnc3onc(C(C)C)c3c2)cc1. The first kappa shape index (κ1) is 17.0. The van der Waals surface area contributed by atoms with E-state index in [-0.39, 0.29) is 11.8 Å². The normalized spacial score (nSPS) is 11.1. The van der Waals surface area contributed by atoms with Crippen LogP contribution in [0.15, 0.2) is 41.1 Å². The molecule has 6 heteroatoms. The number of methoxy groups -OCH3 is 1. The van der Waals surface area contributed by atoms with Gasteiger partial charge in [-0.3, -0.25) is 4.79 Å². The molecule has 0 bridgehead atoms. The number of fused-ring (bicyclic) bond motifs is 1. The fourth-order valence-electron chi connectivity index (χ4n) is 2.68. The van der Waals surface area contributed by atoms with Crippen molar-refractivity contribution in [3.63, 3.8) is 0 Å². The highest BCUT2D eigenvalue weighted by Gasteiger charge is 2.18. The number of benzene rings is 1. The first-order chi connectivity index (χ1) is 12.0. The number of rotatable bonds is 5. The van der Waals surface area contributed by atoms with Crippen molar-refractivity contribution in [2.24, 2.45) is 0 Å². The van der Waals surface area contributed by atoms with Crippen LogP contribution in [0.25, 0.3) is 11.1 Å². The Morgan fingerprint density at radius 3 is 2.64 bits per heavy atom. The van der Waals surface area contributed by atoms with Gasteiger partial charge in [0.2, 0.25) is 0 Å². The second kappa shape index (κ2) is 6.93. The molecule has 0 aliphatic carbocycles. The van der Waals surface area contributed by atoms with Gasteiger partial charge in [0.25, 0.3) is 11.6 Å². The predicted octanol–water partition coefficient (Wildman–Crippen LogP) is 3.63. The number of nitrogens with zero attached hydrogens (tertiary/aromatic N) is 3. The monoisotopic (exact) mass is 339 g/mol. The third kappa shape index (κ3) is 3.47. The fourth-order valence-corrected chi connectivity index (χ4v) is 2.68. The Labute approximate surface area is 146 Å². The number of amides is 1. The standard InChI is InChI=1S/C19H21N3O3/c1-12(2)17-16-9-14(10-20-18(16)25-21-17)19(23)22(3)11-13-5-7-15(24-4)8-6-13/h5-10,12H,11H2,1-4H3. The van der Waals surface area contributed by atoms with Crippen LogP contribution >= 0.6 is 0 Å². The second-order valence-corrected chi connectivity index (χ2v) is 6.31. The van der Waals surface area contributed by atoms with E-state index in [9.17, 15) is 4.79 Å². The van der Waals surface area contributed by atoms with Crippen molar-refractivity contribution in [3.05, 3.63) is 53.3 Å². The number of ether oxygens (including phenoxy) is 1. The van der Waals surface area contributed by atoms with E-state index in [1.165, 1.54) is 6.20 Å². The Morgan fingerprint density at radius 2 is 2.00 bits per heavy atom. The van der Waals surface area contributed by atoms with E-state index in [1.807, 2.05) is 38.1 Å². The molecule has 6 nitrogen and oxygen atoms in total. The molecule has 1 amide bonds. The molecule has 25 heavy (non-hydrogen) atoms. The molecule has 0 unspecified atom stereocenters. The molecule has 2 aromatic heterocycles. The van der Waals surface area contributed by atoms with Crippen molar-refractivity contribution in [3.8, 4) is 5.75 Å². The molecule has 1 aromatic carbocycles. The lowest BCUT2D eigenvalue weighted by Crippen LogP contribution is -2.26. The van der Waals surface area contributed by atoms with Gasteiger partial charge in [-0.05, 0) is 29.7 Å². The van der Waals surface area contributed by atoms with E-state index >= 15 is 0 Å². The van der Waals surface area contributed by atoms with E-state index in [0.717, 1.165) is 22.4 Å². The summed E-state index contributed by atoms with van der Waals surface area (Å²) >= 11 is 0. The van der Waals surface area contributed by atoms with Gasteiger partial charge in [0.1, 0.15) is 5.75 Å². The summed E-state index contributed by atoms with van der Waals surface area (Å²) in [5.41, 5.74) is 2.82. The largest absolute Gasteiger partial charge is 0.497 e. The van der Waals surface area contributed by atoms with Gasteiger partial charge in [-0.2, -0.15) is 0 Å². The minimum atomic E-state index is -0.0962. The summed E-state index contributed by atoms with van der Waals surface area (Å²) in [5, 5.41) is 4.84. The lowest BCUT2D eigenvalue weighted by molar-refractivity contribution is 0.0785. The van der Waals surface area contributed by atoms with E-state index in [4.69, 9.17) is 9.26 Å². The Bertz CT molecular complexity index is 885. The van der Waals surface area contributed by atoms with Crippen molar-refractivity contribution < 1.29 is 14.1 Å². The number of aromatic nitrogens is 2. The van der Waals surface area contributed by atoms with Crippen molar-refractivity contribution in [1.82, 2.24) is 15.0 Å². The number of carbonyl (C=O) groups is 1. The zero-order chi connectivity index (χ0) is 18.0. The molecule has 0 aliphatic rings. The van der Waals surface area contributed by atoms with E-state index in [1.54, 1.807) is 25.1 Å². The fraction of sp³-hybridized carbons (Fsp3) is 0.316. The molecule has 0 atom stereocenters. The number of hydrogen-bond acceptors (Lipinski definition) is 5. The van der Waals surface area contributed by atoms with Crippen LogP contribution in [-0.2, 0) is 6.54 Å². The zero-order valence-corrected chi connectivity index (χ0v) is 14.8. The quantitative estimate of drug-likeness (QED) is 0.710. The minimum absolute atomic E-state index is 0.0962. The van der Waals surface area contributed by atoms with Crippen LogP contribution in [0.4, 0.5) is 0 Å². The maximum atomic E-state index is 12.7. The highest BCUT2D eigenvalue weighted by molar-refractivity contribution is 5.96. The lowest BCUT2D eigenvalue weighted by atomic mass is 10.1. The Kier molecular flexibility index (Phi) is 4.70. The summed E-state index contributed by atoms with van der Waals surface area (Å²) in [6.07, 6.45) is 1.53. The van der Waals surface area contributed by atoms with E-state index < -0.39 is 0 Å². The van der Waals surface area contributed by atoms with E-state index in [0.29, 0.717) is 17.8 Å². The molecule has 0 aliphatic heterocycles. The smallest absolute Gasteiger partial charge is 0.257 e. The van der Waals surface area contributed by atoms with Gasteiger partial charge in [0, 0.05) is 19.8 Å². The second-order valence-electron chi connectivity index (χ2n) is 6.31. The third-order valence-corrected chi connectivity index (χ3v) is 4.08. The molecule has 3 rings (SSSR count). The Balaban J connectivity index is 1.81. The van der Waals surface area contributed by atoms with Gasteiger partial charge in [-0.25, -0.2) is 4.98 Å². The topological polar surface area (TPSA) is 68.5 Å². The van der Waals surface area contributed by atoms with E-state index in [2.05, 4.69) is 10.1 Å². The Morgan fingerprint density at radius 1 is 1.28 bits per heavy atom. The van der Waals surface area contributed by atoms with Gasteiger partial charge < -0.3 is 14.2 Å². The summed E-state index contributed by atoms with van der Waals surface area (Å²) < 4.78 is 10.4. The van der Waals surface area contributed by atoms with Gasteiger partial charge in [-0.15, -0.1) is 0 Å². The van der Waals surface area contributed by atoms with Crippen LogP contribution in [0.3, 0.4) is 0 Å². The average Bonchev–Trinajstić information content (AvgIpc) is 3.05. The summed E-state index contributed by atoms with van der Waals surface area (Å²) in [6, 6.07) is 9.46. The Hall–Kier alpha value is -2.89. The molecule has 0 fully saturated rings. The summed E-state index contributed by atoms with van der Waals surface area (Å²) in [7, 11) is 3.40. The van der Waals surface area contributed by atoms with Crippen LogP contribution in [0.5, 0.6) is 5.75 Å². The van der Waals surface area contributed by atoms with Crippen molar-refractivity contribution in [2.45, 2.75) is 26.3 Å². The molecular formula is C19H21N3O3. The first-order valence-electron chi connectivity index (χ1n) is 8.13. The summed E-state index contributed by atoms with van der Waals surface area (Å²) in [6.45, 7) is 4.56. The average molecular weight is 339 g/mol. The lowest BCUT2D eigenvalue weighted by Gasteiger charge is -2.17. The van der Waals surface area contributed by atoms with Crippen molar-refractivity contribution >= 4 is 17.0 Å². The van der Waals surface area contributed by atoms with Gasteiger partial charge in [-0.1, -0.05) is 31.1 Å². The van der Waals surface area contributed by atoms with Gasteiger partial charge >= 0.3 is 0 Å². The van der Waals surface area contributed by atoms with Gasteiger partial charge in [0.05, 0.1) is 23.8 Å². The van der Waals surface area contributed by atoms with Gasteiger partial charge in [0.15, 0.2) is 0 Å². The zero-order valence-electron chi connectivity index (χ0n) is 14.8. The molecule has 130 valence electrons. The summed E-state index contributed by atoms with van der Waals surface area (Å²) in [4.78, 5) is 18.6. The van der Waals surface area contributed by atoms with Crippen LogP contribution in [0, 0.1) is 0 Å². The minimum Gasteiger partial charge on any atom is -0.497 e. The molecule has 0 saturated carbocycles. The predicted molar refractivity (Wildman–Crippen MR) is 94.7 cm³/mol. The van der Waals surface area contributed by atoms with Crippen LogP contribution in [-0.4, -0.2) is 35.1 Å². The number of carbonyl (C=O) groups excluding carboxylic acids is 1. The molecule has 0 saturated heterocycles. The molecular weight excluding hydrogens is 318 g/mol. The van der Waals surface area contributed by atoms with Crippen LogP contribution in [0.2, 0.25) is 0 Å². The highest BCUT2D eigenvalue weighted by Crippen LogP contribution is 2.24. The van der Waals surface area contributed by atoms with Crippen molar-refractivity contribution in [1.29, 1.82) is 0 Å². The molecule has 3 aromatic rings. The highest BCUT2D eigenvalue weighted by atomic mass is 16.5. The molecule has 0 spiro atoms. The number of hydrogen-bond donors (Lipinski definition) is 0. The third-order valence-electron chi connectivity index (χ3n) is 4.08. The van der Waals surface area contributed by atoms with Crippen LogP contribution in [0.1, 0.15) is 41.4 Å². The maximum Gasteiger partial charge on any atom is 0.257 e. The van der Waals surface area contributed by atoms with Crippen LogP contribution < -0.4 is 4.74 Å².